The van der Waals surface area contributed by atoms with E-state index in [0.29, 0.717) is 0 Å². The summed E-state index contributed by atoms with van der Waals surface area (Å²) in [5, 5.41) is 3.46. The lowest BCUT2D eigenvalue weighted by molar-refractivity contribution is 0.124. The molecule has 0 heterocycles. The van der Waals surface area contributed by atoms with E-state index < -0.39 is 0 Å². The van der Waals surface area contributed by atoms with Crippen molar-refractivity contribution < 1.29 is 4.74 Å². The molecule has 0 aromatic carbocycles. The van der Waals surface area contributed by atoms with Crippen LogP contribution in [-0.4, -0.2) is 50.8 Å². The fourth-order valence-electron chi connectivity index (χ4n) is 2.47. The third kappa shape index (κ3) is 7.34. The van der Waals surface area contributed by atoms with Crippen LogP contribution in [0.25, 0.3) is 0 Å². The van der Waals surface area contributed by atoms with E-state index in [0.717, 1.165) is 44.8 Å². The molecule has 0 aromatic rings. The van der Waals surface area contributed by atoms with Crippen molar-refractivity contribution in [1.82, 2.24) is 10.2 Å². The summed E-state index contributed by atoms with van der Waals surface area (Å²) >= 11 is 0. The first-order chi connectivity index (χ1) is 8.70. The first kappa shape index (κ1) is 15.9. The molecule has 1 fully saturated rings. The summed E-state index contributed by atoms with van der Waals surface area (Å²) in [7, 11) is 2.26. The average Bonchev–Trinajstić information content (AvgIpc) is 2.85. The summed E-state index contributed by atoms with van der Waals surface area (Å²) in [5.41, 5.74) is 0. The molecular formula is C15H32N2O. The van der Waals surface area contributed by atoms with Crippen LogP contribution in [0.4, 0.5) is 0 Å². The van der Waals surface area contributed by atoms with Gasteiger partial charge < -0.3 is 15.0 Å². The zero-order valence-corrected chi connectivity index (χ0v) is 12.6. The summed E-state index contributed by atoms with van der Waals surface area (Å²) in [6.45, 7) is 9.45. The smallest absolute Gasteiger partial charge is 0.0590 e. The van der Waals surface area contributed by atoms with Crippen LogP contribution in [0, 0.1) is 5.92 Å². The van der Waals surface area contributed by atoms with Gasteiger partial charge >= 0.3 is 0 Å². The van der Waals surface area contributed by atoms with Gasteiger partial charge in [-0.25, -0.2) is 0 Å². The Hall–Kier alpha value is -0.120. The van der Waals surface area contributed by atoms with E-state index in [1.807, 2.05) is 0 Å². The molecule has 18 heavy (non-hydrogen) atoms. The van der Waals surface area contributed by atoms with E-state index in [4.69, 9.17) is 4.74 Å². The first-order valence-corrected chi connectivity index (χ1v) is 7.69. The van der Waals surface area contributed by atoms with Crippen molar-refractivity contribution in [2.45, 2.75) is 52.0 Å². The van der Waals surface area contributed by atoms with Gasteiger partial charge in [-0.2, -0.15) is 0 Å². The Bertz CT molecular complexity index is 191. The van der Waals surface area contributed by atoms with E-state index in [1.54, 1.807) is 0 Å². The maximum atomic E-state index is 5.58. The van der Waals surface area contributed by atoms with Crippen LogP contribution in [0.15, 0.2) is 0 Å². The summed E-state index contributed by atoms with van der Waals surface area (Å²) in [5.74, 6) is 0.748. The Labute approximate surface area is 113 Å². The van der Waals surface area contributed by atoms with Crippen LogP contribution in [0.1, 0.15) is 46.0 Å². The molecule has 0 radical (unpaired) electrons. The van der Waals surface area contributed by atoms with Gasteiger partial charge in [0.1, 0.15) is 0 Å². The second kappa shape index (κ2) is 9.76. The van der Waals surface area contributed by atoms with Crippen molar-refractivity contribution >= 4 is 0 Å². The predicted octanol–water partition coefficient (Wildman–Crippen LogP) is 2.51. The van der Waals surface area contributed by atoms with Crippen molar-refractivity contribution in [2.75, 3.05) is 39.9 Å². The number of ether oxygens (including phenoxy) is 1. The van der Waals surface area contributed by atoms with Crippen LogP contribution in [-0.2, 0) is 4.74 Å². The highest BCUT2D eigenvalue weighted by Gasteiger charge is 2.18. The van der Waals surface area contributed by atoms with Gasteiger partial charge in [0.25, 0.3) is 0 Å². The Kier molecular flexibility index (Phi) is 8.64. The lowest BCUT2D eigenvalue weighted by Gasteiger charge is -2.23. The molecule has 1 N–H and O–H groups in total. The van der Waals surface area contributed by atoms with E-state index >= 15 is 0 Å². The van der Waals surface area contributed by atoms with Crippen molar-refractivity contribution in [3.05, 3.63) is 0 Å². The van der Waals surface area contributed by atoms with Gasteiger partial charge in [0, 0.05) is 32.3 Å². The van der Waals surface area contributed by atoms with E-state index in [2.05, 4.69) is 31.1 Å². The van der Waals surface area contributed by atoms with Crippen LogP contribution in [0.5, 0.6) is 0 Å². The molecule has 0 saturated heterocycles. The highest BCUT2D eigenvalue weighted by atomic mass is 16.5. The number of likely N-dealkylation sites (N-methyl/N-ethyl adjacent to an activating group) is 1. The van der Waals surface area contributed by atoms with Gasteiger partial charge in [-0.3, -0.25) is 0 Å². The predicted molar refractivity (Wildman–Crippen MR) is 78.0 cm³/mol. The molecule has 0 spiro atoms. The topological polar surface area (TPSA) is 24.5 Å². The lowest BCUT2D eigenvalue weighted by atomic mass is 10.1. The van der Waals surface area contributed by atoms with Gasteiger partial charge in [-0.1, -0.05) is 26.7 Å². The molecule has 0 unspecified atom stereocenters. The molecule has 108 valence electrons. The standard InChI is InChI=1S/C15H32N2O/c1-14(2)8-12-18-13-10-16-9-11-17(3)15-6-4-5-7-15/h14-16H,4-13H2,1-3H3. The van der Waals surface area contributed by atoms with Crippen LogP contribution >= 0.6 is 0 Å². The second-order valence-electron chi connectivity index (χ2n) is 5.96. The van der Waals surface area contributed by atoms with Crippen molar-refractivity contribution in [3.63, 3.8) is 0 Å². The maximum absolute atomic E-state index is 5.58. The van der Waals surface area contributed by atoms with Crippen molar-refractivity contribution in [2.24, 2.45) is 5.92 Å². The third-order valence-electron chi connectivity index (χ3n) is 3.85. The molecule has 0 atom stereocenters. The fraction of sp³-hybridized carbons (Fsp3) is 1.00. The van der Waals surface area contributed by atoms with Gasteiger partial charge in [0.05, 0.1) is 6.61 Å². The molecule has 0 aromatic heterocycles. The average molecular weight is 256 g/mol. The van der Waals surface area contributed by atoms with Gasteiger partial charge in [0.2, 0.25) is 0 Å². The van der Waals surface area contributed by atoms with Gasteiger partial charge in [0.15, 0.2) is 0 Å². The first-order valence-electron chi connectivity index (χ1n) is 7.69. The number of nitrogens with zero attached hydrogens (tertiary/aromatic N) is 1. The Morgan fingerprint density at radius 3 is 2.56 bits per heavy atom. The lowest BCUT2D eigenvalue weighted by Crippen LogP contribution is -2.36. The highest BCUT2D eigenvalue weighted by molar-refractivity contribution is 4.75. The van der Waals surface area contributed by atoms with Crippen molar-refractivity contribution in [1.29, 1.82) is 0 Å². The monoisotopic (exact) mass is 256 g/mol. The SMILES string of the molecule is CC(C)CCOCCNCCN(C)C1CCCC1. The van der Waals surface area contributed by atoms with Gasteiger partial charge in [-0.15, -0.1) is 0 Å². The molecule has 0 bridgehead atoms. The Balaban J connectivity index is 1.83. The van der Waals surface area contributed by atoms with Gasteiger partial charge in [-0.05, 0) is 32.2 Å². The van der Waals surface area contributed by atoms with E-state index in [1.165, 1.54) is 32.1 Å². The van der Waals surface area contributed by atoms with Crippen LogP contribution < -0.4 is 5.32 Å². The molecule has 1 aliphatic carbocycles. The van der Waals surface area contributed by atoms with E-state index in [-0.39, 0.29) is 0 Å². The highest BCUT2D eigenvalue weighted by Crippen LogP contribution is 2.21. The minimum Gasteiger partial charge on any atom is -0.380 e. The summed E-state index contributed by atoms with van der Waals surface area (Å²) in [4.78, 5) is 2.51. The summed E-state index contributed by atoms with van der Waals surface area (Å²) in [6, 6.07) is 0.842. The van der Waals surface area contributed by atoms with Crippen molar-refractivity contribution in [3.8, 4) is 0 Å². The Morgan fingerprint density at radius 2 is 1.89 bits per heavy atom. The molecule has 3 nitrogen and oxygen atoms in total. The minimum atomic E-state index is 0.748. The summed E-state index contributed by atoms with van der Waals surface area (Å²) < 4.78 is 5.58. The summed E-state index contributed by atoms with van der Waals surface area (Å²) in [6.07, 6.45) is 6.81. The normalized spacial score (nSPS) is 17.2. The van der Waals surface area contributed by atoms with Crippen LogP contribution in [0.3, 0.4) is 0 Å². The maximum Gasteiger partial charge on any atom is 0.0590 e. The van der Waals surface area contributed by atoms with E-state index in [9.17, 15) is 0 Å². The molecular weight excluding hydrogens is 224 g/mol. The Morgan fingerprint density at radius 1 is 1.17 bits per heavy atom. The molecule has 1 saturated carbocycles. The fourth-order valence-corrected chi connectivity index (χ4v) is 2.47. The number of hydrogen-bond acceptors (Lipinski definition) is 3. The minimum absolute atomic E-state index is 0.748. The number of hydrogen-bond donors (Lipinski definition) is 1. The second-order valence-corrected chi connectivity index (χ2v) is 5.96. The molecule has 1 rings (SSSR count). The quantitative estimate of drug-likeness (QED) is 0.608. The molecule has 1 aliphatic rings. The zero-order valence-electron chi connectivity index (χ0n) is 12.6. The van der Waals surface area contributed by atoms with Crippen LogP contribution in [0.2, 0.25) is 0 Å². The number of rotatable bonds is 10. The molecule has 3 heteroatoms. The largest absolute Gasteiger partial charge is 0.380 e. The number of nitrogens with one attached hydrogen (secondary N) is 1. The third-order valence-corrected chi connectivity index (χ3v) is 3.85. The molecule has 0 amide bonds. The molecule has 0 aliphatic heterocycles. The zero-order chi connectivity index (χ0) is 13.2.